The summed E-state index contributed by atoms with van der Waals surface area (Å²) in [5.74, 6) is -1.80. The van der Waals surface area contributed by atoms with Crippen molar-refractivity contribution in [2.24, 2.45) is 0 Å². The normalized spacial score (nSPS) is 17.2. The van der Waals surface area contributed by atoms with Crippen LogP contribution in [0.2, 0.25) is 5.02 Å². The smallest absolute Gasteiger partial charge is 0.270 e. The molecule has 0 saturated heterocycles. The van der Waals surface area contributed by atoms with E-state index in [4.69, 9.17) is 11.6 Å². The van der Waals surface area contributed by atoms with Gasteiger partial charge in [0.15, 0.2) is 9.84 Å². The largest absolute Gasteiger partial charge is 0.345 e. The van der Waals surface area contributed by atoms with Crippen LogP contribution in [0.5, 0.6) is 0 Å². The molecule has 0 spiro atoms. The molecular weight excluding hydrogens is 474 g/mol. The number of imidazole rings is 1. The number of rotatable bonds is 7. The minimum absolute atomic E-state index is 0.0573. The second-order valence-electron chi connectivity index (χ2n) is 8.24. The number of hydrogen-bond donors (Lipinski definition) is 2. The topological polar surface area (TPSA) is 105 Å². The Labute approximate surface area is 194 Å². The van der Waals surface area contributed by atoms with Crippen molar-refractivity contribution in [2.45, 2.75) is 37.4 Å². The summed E-state index contributed by atoms with van der Waals surface area (Å²) in [4.78, 5) is 24.1. The standard InChI is InChI=1S/C22H21ClF2N4O3S/c1-12(6-9-33(2,31)32)27-21(30)16-10-15-17(11-26-16)29-20(28-15)18(22(25)7-8-22)13-4-3-5-14(24)19(13)23/h3-6,9-12,18H,7-8H2,1-2H3,(H,27,30)(H,28,29)/b9-6+/t12-,18-/m1/s1. The van der Waals surface area contributed by atoms with Crippen LogP contribution < -0.4 is 5.32 Å². The van der Waals surface area contributed by atoms with E-state index in [0.29, 0.717) is 29.4 Å². The molecule has 0 aliphatic heterocycles. The van der Waals surface area contributed by atoms with Gasteiger partial charge in [0.25, 0.3) is 5.91 Å². The summed E-state index contributed by atoms with van der Waals surface area (Å²) in [6.07, 6.45) is 4.40. The molecule has 7 nitrogen and oxygen atoms in total. The van der Waals surface area contributed by atoms with Crippen LogP contribution in [0.25, 0.3) is 11.0 Å². The van der Waals surface area contributed by atoms with Crippen LogP contribution in [-0.2, 0) is 9.84 Å². The number of halogens is 3. The number of carbonyl (C=O) groups is 1. The van der Waals surface area contributed by atoms with Crippen molar-refractivity contribution in [2.75, 3.05) is 6.26 Å². The number of sulfone groups is 1. The van der Waals surface area contributed by atoms with Crippen LogP contribution in [0.3, 0.4) is 0 Å². The molecule has 174 valence electrons. The van der Waals surface area contributed by atoms with Crippen molar-refractivity contribution in [3.8, 4) is 0 Å². The second-order valence-corrected chi connectivity index (χ2v) is 10.5. The highest BCUT2D eigenvalue weighted by atomic mass is 35.5. The van der Waals surface area contributed by atoms with E-state index in [1.807, 2.05) is 0 Å². The van der Waals surface area contributed by atoms with E-state index in [0.717, 1.165) is 11.7 Å². The van der Waals surface area contributed by atoms with Crippen LogP contribution in [0.4, 0.5) is 8.78 Å². The molecule has 0 radical (unpaired) electrons. The highest BCUT2D eigenvalue weighted by molar-refractivity contribution is 7.93. The number of benzene rings is 1. The third-order valence-electron chi connectivity index (χ3n) is 5.40. The molecule has 2 aromatic heterocycles. The Bertz CT molecular complexity index is 1370. The Morgan fingerprint density at radius 1 is 1.36 bits per heavy atom. The van der Waals surface area contributed by atoms with E-state index in [-0.39, 0.29) is 16.5 Å². The maximum Gasteiger partial charge on any atom is 0.270 e. The Hall–Kier alpha value is -2.85. The molecule has 0 bridgehead atoms. The summed E-state index contributed by atoms with van der Waals surface area (Å²) < 4.78 is 51.8. The number of aromatic nitrogens is 3. The molecule has 4 rings (SSSR count). The Balaban J connectivity index is 1.64. The molecule has 1 saturated carbocycles. The van der Waals surface area contributed by atoms with Gasteiger partial charge in [0.1, 0.15) is 23.0 Å². The quantitative estimate of drug-likeness (QED) is 0.515. The lowest BCUT2D eigenvalue weighted by Crippen LogP contribution is -2.31. The van der Waals surface area contributed by atoms with E-state index < -0.39 is 39.2 Å². The first-order chi connectivity index (χ1) is 15.5. The van der Waals surface area contributed by atoms with Crippen molar-refractivity contribution >= 4 is 38.4 Å². The van der Waals surface area contributed by atoms with Crippen molar-refractivity contribution < 1.29 is 22.0 Å². The van der Waals surface area contributed by atoms with Gasteiger partial charge < -0.3 is 10.3 Å². The van der Waals surface area contributed by atoms with Crippen molar-refractivity contribution in [3.63, 3.8) is 0 Å². The molecule has 33 heavy (non-hydrogen) atoms. The molecule has 2 heterocycles. The van der Waals surface area contributed by atoms with Gasteiger partial charge in [0.2, 0.25) is 0 Å². The number of aromatic amines is 1. The van der Waals surface area contributed by atoms with Crippen LogP contribution in [-0.4, -0.2) is 47.2 Å². The van der Waals surface area contributed by atoms with Gasteiger partial charge in [-0.25, -0.2) is 27.2 Å². The van der Waals surface area contributed by atoms with Gasteiger partial charge in [-0.05, 0) is 37.5 Å². The van der Waals surface area contributed by atoms with Crippen LogP contribution >= 0.6 is 11.6 Å². The third kappa shape index (κ3) is 5.06. The first kappa shape index (κ1) is 23.3. The summed E-state index contributed by atoms with van der Waals surface area (Å²) in [5, 5.41) is 3.49. The fourth-order valence-corrected chi connectivity index (χ4v) is 4.36. The van der Waals surface area contributed by atoms with Crippen molar-refractivity contribution in [3.05, 3.63) is 69.9 Å². The van der Waals surface area contributed by atoms with E-state index in [1.165, 1.54) is 30.5 Å². The van der Waals surface area contributed by atoms with Gasteiger partial charge in [-0.15, -0.1) is 0 Å². The first-order valence-corrected chi connectivity index (χ1v) is 12.5. The van der Waals surface area contributed by atoms with Crippen LogP contribution in [0, 0.1) is 5.82 Å². The Morgan fingerprint density at radius 3 is 2.76 bits per heavy atom. The molecule has 2 atom stereocenters. The summed E-state index contributed by atoms with van der Waals surface area (Å²) in [6, 6.07) is 5.15. The number of fused-ring (bicyclic) bond motifs is 1. The molecule has 3 aromatic rings. The number of pyridine rings is 1. The van der Waals surface area contributed by atoms with Gasteiger partial charge in [-0.2, -0.15) is 0 Å². The van der Waals surface area contributed by atoms with E-state index in [2.05, 4.69) is 20.3 Å². The maximum absolute atomic E-state index is 15.3. The lowest BCUT2D eigenvalue weighted by atomic mass is 9.91. The van der Waals surface area contributed by atoms with Gasteiger partial charge in [0.05, 0.1) is 28.2 Å². The molecule has 1 aromatic carbocycles. The summed E-state index contributed by atoms with van der Waals surface area (Å²) in [7, 11) is -3.31. The van der Waals surface area contributed by atoms with Gasteiger partial charge in [0, 0.05) is 17.7 Å². The number of nitrogens with one attached hydrogen (secondary N) is 2. The summed E-state index contributed by atoms with van der Waals surface area (Å²) in [5.41, 5.74) is -0.380. The number of hydrogen-bond acceptors (Lipinski definition) is 5. The fourth-order valence-electron chi connectivity index (χ4n) is 3.60. The predicted molar refractivity (Wildman–Crippen MR) is 121 cm³/mol. The molecule has 1 fully saturated rings. The molecule has 1 aliphatic rings. The minimum atomic E-state index is -3.31. The zero-order valence-electron chi connectivity index (χ0n) is 17.8. The zero-order chi connectivity index (χ0) is 24.0. The van der Waals surface area contributed by atoms with Gasteiger partial charge >= 0.3 is 0 Å². The number of alkyl halides is 1. The van der Waals surface area contributed by atoms with E-state index in [1.54, 1.807) is 13.0 Å². The first-order valence-electron chi connectivity index (χ1n) is 10.1. The van der Waals surface area contributed by atoms with Crippen molar-refractivity contribution in [1.29, 1.82) is 0 Å². The maximum atomic E-state index is 15.3. The van der Waals surface area contributed by atoms with E-state index >= 15 is 4.39 Å². The lowest BCUT2D eigenvalue weighted by Gasteiger charge is -2.20. The summed E-state index contributed by atoms with van der Waals surface area (Å²) in [6.45, 7) is 1.62. The number of carbonyl (C=O) groups excluding carboxylic acids is 1. The monoisotopic (exact) mass is 494 g/mol. The molecule has 11 heteroatoms. The highest BCUT2D eigenvalue weighted by Gasteiger charge is 2.53. The van der Waals surface area contributed by atoms with Gasteiger partial charge in [-0.3, -0.25) is 4.79 Å². The average molecular weight is 495 g/mol. The number of nitrogens with zero attached hydrogens (tertiary/aromatic N) is 2. The highest BCUT2D eigenvalue weighted by Crippen LogP contribution is 2.54. The number of amides is 1. The van der Waals surface area contributed by atoms with Gasteiger partial charge in [-0.1, -0.05) is 29.8 Å². The zero-order valence-corrected chi connectivity index (χ0v) is 19.3. The molecule has 0 unspecified atom stereocenters. The lowest BCUT2D eigenvalue weighted by molar-refractivity contribution is 0.0942. The fraction of sp³-hybridized carbons (Fsp3) is 0.318. The molecular formula is C22H21ClF2N4O3S. The van der Waals surface area contributed by atoms with Crippen molar-refractivity contribution in [1.82, 2.24) is 20.3 Å². The predicted octanol–water partition coefficient (Wildman–Crippen LogP) is 4.06. The third-order valence-corrected chi connectivity index (χ3v) is 6.45. The minimum Gasteiger partial charge on any atom is -0.345 e. The van der Waals surface area contributed by atoms with E-state index in [9.17, 15) is 17.6 Å². The molecule has 1 aliphatic carbocycles. The second kappa shape index (κ2) is 8.49. The molecule has 1 amide bonds. The van der Waals surface area contributed by atoms with Crippen LogP contribution in [0.15, 0.2) is 41.9 Å². The SMILES string of the molecule is C[C@H](/C=C/S(C)(=O)=O)NC(=O)c1cc2nc([C@@H](c3cccc(F)c3Cl)C3(F)CC3)[nH]c2cn1. The molecule has 2 N–H and O–H groups in total. The Kier molecular flexibility index (Phi) is 6.00. The van der Waals surface area contributed by atoms with Crippen LogP contribution in [0.1, 0.15) is 47.6 Å². The Morgan fingerprint density at radius 2 is 2.09 bits per heavy atom. The average Bonchev–Trinajstić information content (AvgIpc) is 3.33. The number of H-pyrrole nitrogens is 1. The summed E-state index contributed by atoms with van der Waals surface area (Å²) >= 11 is 6.15.